The Bertz CT molecular complexity index is 276. The lowest BCUT2D eigenvalue weighted by molar-refractivity contribution is 0.474. The van der Waals surface area contributed by atoms with Gasteiger partial charge in [-0.3, -0.25) is 0 Å². The number of rotatable bonds is 4. The maximum atomic E-state index is 9.20. The van der Waals surface area contributed by atoms with Crippen molar-refractivity contribution in [2.45, 2.75) is 26.2 Å². The lowest BCUT2D eigenvalue weighted by atomic mass is 10.1. The predicted octanol–water partition coefficient (Wildman–Crippen LogP) is 3.29. The number of hydrogen-bond donors (Lipinski definition) is 1. The summed E-state index contributed by atoms with van der Waals surface area (Å²) in [5.41, 5.74) is 1.20. The van der Waals surface area contributed by atoms with Gasteiger partial charge in [0.2, 0.25) is 0 Å². The van der Waals surface area contributed by atoms with Gasteiger partial charge in [-0.25, -0.2) is 0 Å². The first-order valence-corrected chi connectivity index (χ1v) is 4.76. The number of benzene rings is 1. The minimum Gasteiger partial charge on any atom is -0.508 e. The predicted molar refractivity (Wildman–Crippen MR) is 55.9 cm³/mol. The first-order valence-electron chi connectivity index (χ1n) is 4.76. The molecule has 1 N–H and O–H groups in total. The molecule has 0 unspecified atom stereocenters. The van der Waals surface area contributed by atoms with Crippen LogP contribution in [0, 0.1) is 0 Å². The Morgan fingerprint density at radius 2 is 2.15 bits per heavy atom. The molecule has 1 rings (SSSR count). The van der Waals surface area contributed by atoms with Gasteiger partial charge in [0, 0.05) is 0 Å². The average Bonchev–Trinajstić information content (AvgIpc) is 2.13. The Kier molecular flexibility index (Phi) is 4.10. The highest BCUT2D eigenvalue weighted by atomic mass is 16.3. The van der Waals surface area contributed by atoms with Crippen molar-refractivity contribution in [2.75, 3.05) is 0 Å². The molecule has 70 valence electrons. The normalized spacial score (nSPS) is 10.8. The van der Waals surface area contributed by atoms with Crippen LogP contribution in [-0.2, 0) is 6.42 Å². The molecule has 0 aliphatic heterocycles. The standard InChI is InChI=1S/C12H16O/c1-2-3-4-5-7-11-8-6-9-12(13)10-11/h3-4,6,8-10,13H,2,5,7H2,1H3. The first kappa shape index (κ1) is 9.85. The van der Waals surface area contributed by atoms with E-state index in [9.17, 15) is 5.11 Å². The van der Waals surface area contributed by atoms with Crippen LogP contribution in [0.25, 0.3) is 0 Å². The SMILES string of the molecule is CCC=CCCc1cccc(O)c1. The monoisotopic (exact) mass is 176 g/mol. The maximum absolute atomic E-state index is 9.20. The van der Waals surface area contributed by atoms with Crippen LogP contribution in [-0.4, -0.2) is 5.11 Å². The van der Waals surface area contributed by atoms with Crippen LogP contribution in [0.15, 0.2) is 36.4 Å². The molecule has 0 saturated heterocycles. The van der Waals surface area contributed by atoms with Crippen LogP contribution in [0.5, 0.6) is 5.75 Å². The molecule has 0 fully saturated rings. The third-order valence-corrected chi connectivity index (χ3v) is 1.91. The second-order valence-corrected chi connectivity index (χ2v) is 3.09. The van der Waals surface area contributed by atoms with Crippen molar-refractivity contribution in [1.29, 1.82) is 0 Å². The molecule has 0 heterocycles. The summed E-state index contributed by atoms with van der Waals surface area (Å²) in [5, 5.41) is 9.20. The first-order chi connectivity index (χ1) is 6.33. The Morgan fingerprint density at radius 3 is 2.85 bits per heavy atom. The number of hydrogen-bond acceptors (Lipinski definition) is 1. The smallest absolute Gasteiger partial charge is 0.115 e. The lowest BCUT2D eigenvalue weighted by Gasteiger charge is -1.98. The highest BCUT2D eigenvalue weighted by Gasteiger charge is 1.91. The molecular formula is C12H16O. The number of phenols is 1. The topological polar surface area (TPSA) is 20.2 Å². The summed E-state index contributed by atoms with van der Waals surface area (Å²) >= 11 is 0. The van der Waals surface area contributed by atoms with E-state index < -0.39 is 0 Å². The molecule has 0 aliphatic rings. The minimum atomic E-state index is 0.358. The Morgan fingerprint density at radius 1 is 1.31 bits per heavy atom. The molecular weight excluding hydrogens is 160 g/mol. The molecule has 0 bridgehead atoms. The number of phenolic OH excluding ortho intramolecular Hbond substituents is 1. The van der Waals surface area contributed by atoms with Crippen molar-refractivity contribution in [3.05, 3.63) is 42.0 Å². The van der Waals surface area contributed by atoms with Gasteiger partial charge in [0.05, 0.1) is 0 Å². The van der Waals surface area contributed by atoms with Crippen LogP contribution >= 0.6 is 0 Å². The highest BCUT2D eigenvalue weighted by molar-refractivity contribution is 5.27. The van der Waals surface area contributed by atoms with E-state index in [0.717, 1.165) is 19.3 Å². The van der Waals surface area contributed by atoms with Crippen molar-refractivity contribution >= 4 is 0 Å². The van der Waals surface area contributed by atoms with Crippen molar-refractivity contribution < 1.29 is 5.11 Å². The third kappa shape index (κ3) is 3.79. The molecule has 0 aromatic heterocycles. The number of allylic oxidation sites excluding steroid dienone is 2. The van der Waals surface area contributed by atoms with Crippen LogP contribution in [0.4, 0.5) is 0 Å². The van der Waals surface area contributed by atoms with E-state index in [2.05, 4.69) is 19.1 Å². The molecule has 0 radical (unpaired) electrons. The van der Waals surface area contributed by atoms with E-state index >= 15 is 0 Å². The fourth-order valence-corrected chi connectivity index (χ4v) is 1.25. The van der Waals surface area contributed by atoms with Gasteiger partial charge in [0.15, 0.2) is 0 Å². The van der Waals surface area contributed by atoms with E-state index in [1.165, 1.54) is 5.56 Å². The number of aromatic hydroxyl groups is 1. The molecule has 0 atom stereocenters. The molecule has 1 nitrogen and oxygen atoms in total. The van der Waals surface area contributed by atoms with Gasteiger partial charge in [-0.05, 0) is 37.0 Å². The van der Waals surface area contributed by atoms with E-state index in [0.29, 0.717) is 5.75 Å². The molecule has 0 spiro atoms. The third-order valence-electron chi connectivity index (χ3n) is 1.91. The molecule has 0 aliphatic carbocycles. The second kappa shape index (κ2) is 5.41. The van der Waals surface area contributed by atoms with E-state index in [4.69, 9.17) is 0 Å². The molecule has 13 heavy (non-hydrogen) atoms. The Hall–Kier alpha value is -1.24. The van der Waals surface area contributed by atoms with Gasteiger partial charge >= 0.3 is 0 Å². The second-order valence-electron chi connectivity index (χ2n) is 3.09. The van der Waals surface area contributed by atoms with Crippen molar-refractivity contribution in [3.63, 3.8) is 0 Å². The van der Waals surface area contributed by atoms with E-state index in [-0.39, 0.29) is 0 Å². The van der Waals surface area contributed by atoms with Crippen molar-refractivity contribution in [2.24, 2.45) is 0 Å². The van der Waals surface area contributed by atoms with Gasteiger partial charge in [-0.15, -0.1) is 0 Å². The van der Waals surface area contributed by atoms with E-state index in [1.807, 2.05) is 18.2 Å². The molecule has 1 aromatic carbocycles. The summed E-state index contributed by atoms with van der Waals surface area (Å²) in [6.07, 6.45) is 7.51. The zero-order valence-electron chi connectivity index (χ0n) is 8.03. The van der Waals surface area contributed by atoms with Crippen molar-refractivity contribution in [1.82, 2.24) is 0 Å². The zero-order valence-corrected chi connectivity index (χ0v) is 8.03. The van der Waals surface area contributed by atoms with Crippen LogP contribution in [0.3, 0.4) is 0 Å². The van der Waals surface area contributed by atoms with Gasteiger partial charge in [0.1, 0.15) is 5.75 Å². The van der Waals surface area contributed by atoms with Gasteiger partial charge in [-0.2, -0.15) is 0 Å². The number of aryl methyl sites for hydroxylation is 1. The van der Waals surface area contributed by atoms with Crippen LogP contribution in [0.1, 0.15) is 25.3 Å². The summed E-state index contributed by atoms with van der Waals surface area (Å²) < 4.78 is 0. The highest BCUT2D eigenvalue weighted by Crippen LogP contribution is 2.12. The van der Waals surface area contributed by atoms with E-state index in [1.54, 1.807) is 6.07 Å². The maximum Gasteiger partial charge on any atom is 0.115 e. The minimum absolute atomic E-state index is 0.358. The molecule has 0 amide bonds. The summed E-state index contributed by atoms with van der Waals surface area (Å²) in [6.45, 7) is 2.13. The summed E-state index contributed by atoms with van der Waals surface area (Å²) in [6, 6.07) is 7.44. The quantitative estimate of drug-likeness (QED) is 0.698. The molecule has 0 saturated carbocycles. The summed E-state index contributed by atoms with van der Waals surface area (Å²) in [7, 11) is 0. The molecule has 1 aromatic rings. The summed E-state index contributed by atoms with van der Waals surface area (Å²) in [5.74, 6) is 0.358. The lowest BCUT2D eigenvalue weighted by Crippen LogP contribution is -1.81. The van der Waals surface area contributed by atoms with Gasteiger partial charge in [0.25, 0.3) is 0 Å². The summed E-state index contributed by atoms with van der Waals surface area (Å²) in [4.78, 5) is 0. The zero-order chi connectivity index (χ0) is 9.52. The van der Waals surface area contributed by atoms with Crippen molar-refractivity contribution in [3.8, 4) is 5.75 Å². The average molecular weight is 176 g/mol. The van der Waals surface area contributed by atoms with Crippen LogP contribution < -0.4 is 0 Å². The Labute approximate surface area is 79.7 Å². The van der Waals surface area contributed by atoms with Crippen LogP contribution in [0.2, 0.25) is 0 Å². The molecule has 1 heteroatoms. The van der Waals surface area contributed by atoms with Gasteiger partial charge in [-0.1, -0.05) is 31.2 Å². The fraction of sp³-hybridized carbons (Fsp3) is 0.333. The Balaban J connectivity index is 2.41. The van der Waals surface area contributed by atoms with Gasteiger partial charge < -0.3 is 5.11 Å². The fourth-order valence-electron chi connectivity index (χ4n) is 1.25. The largest absolute Gasteiger partial charge is 0.508 e.